The van der Waals surface area contributed by atoms with Crippen LogP contribution in [0.5, 0.6) is 0 Å². The minimum Gasteiger partial charge on any atom is -0.294 e. The van der Waals surface area contributed by atoms with Gasteiger partial charge in [0.05, 0.1) is 5.56 Å². The molecule has 78 valence electrons. The van der Waals surface area contributed by atoms with E-state index in [1.165, 1.54) is 6.07 Å². The Bertz CT molecular complexity index is 461. The van der Waals surface area contributed by atoms with Crippen LogP contribution in [0.15, 0.2) is 12.1 Å². The first-order valence-corrected chi connectivity index (χ1v) is 5.15. The molecule has 0 N–H and O–H groups in total. The molecule has 2 aliphatic carbocycles. The maximum absolute atomic E-state index is 13.5. The van der Waals surface area contributed by atoms with Gasteiger partial charge in [-0.1, -0.05) is 0 Å². The SMILES string of the molecule is O=C1CCC2(CC2)c2cc(F)cc(F)c21. The van der Waals surface area contributed by atoms with Crippen LogP contribution < -0.4 is 0 Å². The molecule has 0 unspecified atom stereocenters. The fraction of sp³-hybridized carbons (Fsp3) is 0.417. The molecule has 0 atom stereocenters. The Morgan fingerprint density at radius 1 is 1.13 bits per heavy atom. The molecule has 0 saturated heterocycles. The summed E-state index contributed by atoms with van der Waals surface area (Å²) in [7, 11) is 0. The Balaban J connectivity index is 2.28. The molecular formula is C12H10F2O. The van der Waals surface area contributed by atoms with Crippen LogP contribution in [0.25, 0.3) is 0 Å². The van der Waals surface area contributed by atoms with Crippen LogP contribution in [0.4, 0.5) is 8.78 Å². The van der Waals surface area contributed by atoms with E-state index >= 15 is 0 Å². The molecule has 0 amide bonds. The van der Waals surface area contributed by atoms with Gasteiger partial charge in [0, 0.05) is 12.5 Å². The van der Waals surface area contributed by atoms with Gasteiger partial charge in [-0.2, -0.15) is 0 Å². The summed E-state index contributed by atoms with van der Waals surface area (Å²) in [4.78, 5) is 11.6. The summed E-state index contributed by atoms with van der Waals surface area (Å²) in [6, 6.07) is 2.14. The van der Waals surface area contributed by atoms with Crippen molar-refractivity contribution in [3.8, 4) is 0 Å². The van der Waals surface area contributed by atoms with Crippen molar-refractivity contribution in [1.29, 1.82) is 0 Å². The molecule has 1 fully saturated rings. The number of carbonyl (C=O) groups is 1. The van der Waals surface area contributed by atoms with Gasteiger partial charge in [0.1, 0.15) is 11.6 Å². The fourth-order valence-electron chi connectivity index (χ4n) is 2.56. The normalized spacial score (nSPS) is 21.6. The summed E-state index contributed by atoms with van der Waals surface area (Å²) in [6.07, 6.45) is 3.06. The van der Waals surface area contributed by atoms with Gasteiger partial charge in [-0.25, -0.2) is 8.78 Å². The monoisotopic (exact) mass is 208 g/mol. The van der Waals surface area contributed by atoms with E-state index in [1.54, 1.807) is 0 Å². The van der Waals surface area contributed by atoms with Crippen molar-refractivity contribution in [2.75, 3.05) is 0 Å². The maximum Gasteiger partial charge on any atom is 0.166 e. The fourth-order valence-corrected chi connectivity index (χ4v) is 2.56. The van der Waals surface area contributed by atoms with Crippen LogP contribution in [0.2, 0.25) is 0 Å². The second-order valence-corrected chi connectivity index (χ2v) is 4.51. The summed E-state index contributed by atoms with van der Waals surface area (Å²) in [5, 5.41) is 0. The van der Waals surface area contributed by atoms with Gasteiger partial charge < -0.3 is 0 Å². The molecule has 3 rings (SSSR count). The van der Waals surface area contributed by atoms with Gasteiger partial charge in [-0.05, 0) is 36.3 Å². The molecule has 0 aromatic heterocycles. The van der Waals surface area contributed by atoms with E-state index in [9.17, 15) is 13.6 Å². The zero-order valence-corrected chi connectivity index (χ0v) is 8.15. The Morgan fingerprint density at radius 3 is 2.53 bits per heavy atom. The second kappa shape index (κ2) is 2.65. The Labute approximate surface area is 86.1 Å². The summed E-state index contributed by atoms with van der Waals surface area (Å²) >= 11 is 0. The third-order valence-electron chi connectivity index (χ3n) is 3.59. The zero-order valence-electron chi connectivity index (χ0n) is 8.15. The van der Waals surface area contributed by atoms with Crippen LogP contribution in [0, 0.1) is 11.6 Å². The molecule has 15 heavy (non-hydrogen) atoms. The van der Waals surface area contributed by atoms with Crippen molar-refractivity contribution in [2.45, 2.75) is 31.1 Å². The average Bonchev–Trinajstić information content (AvgIpc) is 2.92. The topological polar surface area (TPSA) is 17.1 Å². The van der Waals surface area contributed by atoms with Crippen molar-refractivity contribution >= 4 is 5.78 Å². The Hall–Kier alpha value is -1.25. The lowest BCUT2D eigenvalue weighted by Gasteiger charge is -2.24. The molecule has 1 spiro atoms. The van der Waals surface area contributed by atoms with E-state index in [4.69, 9.17) is 0 Å². The van der Waals surface area contributed by atoms with Gasteiger partial charge in [0.15, 0.2) is 5.78 Å². The maximum atomic E-state index is 13.5. The third-order valence-corrected chi connectivity index (χ3v) is 3.59. The summed E-state index contributed by atoms with van der Waals surface area (Å²) in [5.41, 5.74) is 0.669. The van der Waals surface area contributed by atoms with E-state index in [0.29, 0.717) is 12.0 Å². The van der Waals surface area contributed by atoms with Crippen LogP contribution in [0.3, 0.4) is 0 Å². The van der Waals surface area contributed by atoms with E-state index in [0.717, 1.165) is 25.3 Å². The highest BCUT2D eigenvalue weighted by Crippen LogP contribution is 2.55. The minimum absolute atomic E-state index is 0.0772. The number of hydrogen-bond acceptors (Lipinski definition) is 1. The quantitative estimate of drug-likeness (QED) is 0.640. The van der Waals surface area contributed by atoms with Crippen molar-refractivity contribution < 1.29 is 13.6 Å². The molecule has 0 aliphatic heterocycles. The zero-order chi connectivity index (χ0) is 10.6. The lowest BCUT2D eigenvalue weighted by molar-refractivity contribution is 0.0959. The number of fused-ring (bicyclic) bond motifs is 2. The van der Waals surface area contributed by atoms with Gasteiger partial charge >= 0.3 is 0 Å². The number of ketones is 1. The van der Waals surface area contributed by atoms with Gasteiger partial charge in [-0.15, -0.1) is 0 Å². The molecule has 1 saturated carbocycles. The van der Waals surface area contributed by atoms with Gasteiger partial charge in [-0.3, -0.25) is 4.79 Å². The minimum atomic E-state index is -0.694. The van der Waals surface area contributed by atoms with Crippen LogP contribution in [-0.2, 0) is 5.41 Å². The van der Waals surface area contributed by atoms with Gasteiger partial charge in [0.2, 0.25) is 0 Å². The van der Waals surface area contributed by atoms with E-state index in [-0.39, 0.29) is 16.8 Å². The predicted octanol–water partition coefficient (Wildman–Crippen LogP) is 2.97. The highest BCUT2D eigenvalue weighted by molar-refractivity contribution is 5.99. The second-order valence-electron chi connectivity index (χ2n) is 4.51. The van der Waals surface area contributed by atoms with Crippen LogP contribution in [0.1, 0.15) is 41.6 Å². The number of halogens is 2. The van der Waals surface area contributed by atoms with Crippen LogP contribution >= 0.6 is 0 Å². The summed E-state index contributed by atoms with van der Waals surface area (Å²) in [5.74, 6) is -1.45. The number of Topliss-reactive ketones (excluding diaryl/α,β-unsaturated/α-hetero) is 1. The molecule has 2 aliphatic rings. The molecule has 0 radical (unpaired) electrons. The van der Waals surface area contributed by atoms with E-state index in [1.807, 2.05) is 0 Å². The molecule has 0 heterocycles. The van der Waals surface area contributed by atoms with Crippen molar-refractivity contribution in [3.63, 3.8) is 0 Å². The Morgan fingerprint density at radius 2 is 1.87 bits per heavy atom. The number of carbonyl (C=O) groups excluding carboxylic acids is 1. The lowest BCUT2D eigenvalue weighted by atomic mass is 9.79. The molecule has 1 aromatic carbocycles. The Kier molecular flexibility index (Phi) is 1.59. The van der Waals surface area contributed by atoms with Crippen molar-refractivity contribution in [1.82, 2.24) is 0 Å². The smallest absolute Gasteiger partial charge is 0.166 e. The van der Waals surface area contributed by atoms with Crippen molar-refractivity contribution in [2.24, 2.45) is 0 Å². The van der Waals surface area contributed by atoms with Crippen molar-refractivity contribution in [3.05, 3.63) is 34.9 Å². The first-order chi connectivity index (χ1) is 7.12. The first kappa shape index (κ1) is 9.01. The van der Waals surface area contributed by atoms with E-state index < -0.39 is 11.6 Å². The molecular weight excluding hydrogens is 198 g/mol. The number of hydrogen-bond donors (Lipinski definition) is 0. The van der Waals surface area contributed by atoms with Crippen LogP contribution in [-0.4, -0.2) is 5.78 Å². The van der Waals surface area contributed by atoms with E-state index in [2.05, 4.69) is 0 Å². The molecule has 1 aromatic rings. The molecule has 3 heteroatoms. The summed E-state index contributed by atoms with van der Waals surface area (Å²) in [6.45, 7) is 0. The summed E-state index contributed by atoms with van der Waals surface area (Å²) < 4.78 is 26.6. The lowest BCUT2D eigenvalue weighted by Crippen LogP contribution is -2.22. The highest BCUT2D eigenvalue weighted by atomic mass is 19.1. The third kappa shape index (κ3) is 1.15. The average molecular weight is 208 g/mol. The number of rotatable bonds is 0. The predicted molar refractivity (Wildman–Crippen MR) is 50.8 cm³/mol. The standard InChI is InChI=1S/C12H10F2O/c13-7-5-8-11(9(14)6-7)10(15)1-2-12(8)3-4-12/h5-6H,1-4H2. The largest absolute Gasteiger partial charge is 0.294 e. The van der Waals surface area contributed by atoms with Gasteiger partial charge in [0.25, 0.3) is 0 Å². The highest BCUT2D eigenvalue weighted by Gasteiger charge is 2.49. The number of benzene rings is 1. The molecule has 0 bridgehead atoms. The first-order valence-electron chi connectivity index (χ1n) is 5.15. The molecule has 1 nitrogen and oxygen atoms in total.